The van der Waals surface area contributed by atoms with Crippen molar-refractivity contribution in [3.05, 3.63) is 48.8 Å². The zero-order valence-electron chi connectivity index (χ0n) is 14.7. The van der Waals surface area contributed by atoms with E-state index in [4.69, 9.17) is 4.74 Å². The van der Waals surface area contributed by atoms with Crippen LogP contribution in [0.1, 0.15) is 6.92 Å². The molecule has 7 nitrogen and oxygen atoms in total. The maximum absolute atomic E-state index is 12.5. The van der Waals surface area contributed by atoms with Crippen molar-refractivity contribution in [1.82, 2.24) is 19.7 Å². The number of hydrogen-bond acceptors (Lipinski definition) is 6. The Kier molecular flexibility index (Phi) is 5.52. The van der Waals surface area contributed by atoms with Crippen molar-refractivity contribution in [2.45, 2.75) is 17.3 Å². The van der Waals surface area contributed by atoms with Gasteiger partial charge in [-0.05, 0) is 31.2 Å². The number of hydrogen-bond donors (Lipinski definition) is 1. The monoisotopic (exact) mass is 369 g/mol. The van der Waals surface area contributed by atoms with Crippen LogP contribution >= 0.6 is 11.8 Å². The molecule has 1 atom stereocenters. The van der Waals surface area contributed by atoms with Gasteiger partial charge >= 0.3 is 0 Å². The molecule has 0 aliphatic carbocycles. The van der Waals surface area contributed by atoms with E-state index < -0.39 is 0 Å². The summed E-state index contributed by atoms with van der Waals surface area (Å²) < 4.78 is 7.13. The van der Waals surface area contributed by atoms with Crippen LogP contribution in [-0.2, 0) is 11.8 Å². The minimum Gasteiger partial charge on any atom is -0.495 e. The lowest BCUT2D eigenvalue weighted by Gasteiger charge is -2.13. The number of para-hydroxylation sites is 2. The van der Waals surface area contributed by atoms with Crippen molar-refractivity contribution in [2.75, 3.05) is 12.4 Å². The summed E-state index contributed by atoms with van der Waals surface area (Å²) in [5.41, 5.74) is 1.57. The third-order valence-corrected chi connectivity index (χ3v) is 4.92. The average Bonchev–Trinajstić information content (AvgIpc) is 3.03. The van der Waals surface area contributed by atoms with Crippen LogP contribution in [0.3, 0.4) is 0 Å². The highest BCUT2D eigenvalue weighted by Gasteiger charge is 2.20. The zero-order chi connectivity index (χ0) is 18.5. The zero-order valence-corrected chi connectivity index (χ0v) is 15.5. The van der Waals surface area contributed by atoms with Crippen LogP contribution in [0, 0.1) is 0 Å². The number of carbonyl (C=O) groups is 1. The minimum absolute atomic E-state index is 0.132. The number of nitrogens with one attached hydrogen (secondary N) is 1. The first-order valence-corrected chi connectivity index (χ1v) is 8.88. The lowest BCUT2D eigenvalue weighted by atomic mass is 10.2. The summed E-state index contributed by atoms with van der Waals surface area (Å²) in [6.45, 7) is 1.83. The van der Waals surface area contributed by atoms with Gasteiger partial charge in [0.1, 0.15) is 5.75 Å². The fraction of sp³-hybridized carbons (Fsp3) is 0.222. The molecule has 26 heavy (non-hydrogen) atoms. The van der Waals surface area contributed by atoms with Crippen LogP contribution in [0.2, 0.25) is 0 Å². The Morgan fingerprint density at radius 2 is 1.92 bits per heavy atom. The number of benzene rings is 1. The number of anilines is 1. The van der Waals surface area contributed by atoms with Crippen LogP contribution < -0.4 is 10.1 Å². The van der Waals surface area contributed by atoms with Crippen molar-refractivity contribution in [2.24, 2.45) is 7.05 Å². The Labute approximate surface area is 155 Å². The molecule has 2 aromatic heterocycles. The number of thioether (sulfide) groups is 1. The molecule has 0 aliphatic heterocycles. The van der Waals surface area contributed by atoms with Gasteiger partial charge in [-0.1, -0.05) is 23.9 Å². The highest BCUT2D eigenvalue weighted by atomic mass is 32.2. The Balaban J connectivity index is 1.71. The first-order chi connectivity index (χ1) is 12.6. The number of methoxy groups -OCH3 is 1. The molecule has 0 aliphatic rings. The number of ether oxygens (including phenoxy) is 1. The van der Waals surface area contributed by atoms with E-state index in [0.29, 0.717) is 16.6 Å². The SMILES string of the molecule is COc1ccccc1NC(=O)[C@@H](C)Sc1nnc(-c2ccncc2)n1C. The van der Waals surface area contributed by atoms with E-state index in [1.807, 2.05) is 42.8 Å². The van der Waals surface area contributed by atoms with Gasteiger partial charge in [-0.25, -0.2) is 0 Å². The summed E-state index contributed by atoms with van der Waals surface area (Å²) in [5, 5.41) is 11.6. The number of rotatable bonds is 6. The molecule has 0 fully saturated rings. The van der Waals surface area contributed by atoms with Crippen molar-refractivity contribution in [3.63, 3.8) is 0 Å². The van der Waals surface area contributed by atoms with E-state index in [1.54, 1.807) is 31.6 Å². The second-order valence-corrected chi connectivity index (χ2v) is 6.86. The van der Waals surface area contributed by atoms with Crippen LogP contribution in [0.5, 0.6) is 5.75 Å². The molecule has 0 unspecified atom stereocenters. The van der Waals surface area contributed by atoms with Gasteiger partial charge in [-0.15, -0.1) is 10.2 Å². The number of pyridine rings is 1. The van der Waals surface area contributed by atoms with Crippen LogP contribution in [-0.4, -0.2) is 38.0 Å². The molecular formula is C18H19N5O2S. The minimum atomic E-state index is -0.354. The van der Waals surface area contributed by atoms with Gasteiger partial charge in [0.15, 0.2) is 11.0 Å². The Morgan fingerprint density at radius 1 is 1.19 bits per heavy atom. The van der Waals surface area contributed by atoms with Gasteiger partial charge in [-0.2, -0.15) is 0 Å². The second-order valence-electron chi connectivity index (χ2n) is 5.55. The fourth-order valence-electron chi connectivity index (χ4n) is 2.36. The molecule has 1 amide bonds. The number of carbonyl (C=O) groups excluding carboxylic acids is 1. The lowest BCUT2D eigenvalue weighted by molar-refractivity contribution is -0.115. The summed E-state index contributed by atoms with van der Waals surface area (Å²) in [5.74, 6) is 1.22. The predicted molar refractivity (Wildman–Crippen MR) is 101 cm³/mol. The molecule has 3 aromatic rings. The standard InChI is InChI=1S/C18H19N5O2S/c1-12(17(24)20-14-6-4-5-7-15(14)25-3)26-18-22-21-16(23(18)2)13-8-10-19-11-9-13/h4-12H,1-3H3,(H,20,24)/t12-/m1/s1. The van der Waals surface area contributed by atoms with Gasteiger partial charge in [0.05, 0.1) is 18.0 Å². The fourth-order valence-corrected chi connectivity index (χ4v) is 3.18. The maximum Gasteiger partial charge on any atom is 0.237 e. The van der Waals surface area contributed by atoms with Gasteiger partial charge < -0.3 is 14.6 Å². The molecule has 1 aromatic carbocycles. The van der Waals surface area contributed by atoms with E-state index in [-0.39, 0.29) is 11.2 Å². The maximum atomic E-state index is 12.5. The van der Waals surface area contributed by atoms with E-state index in [2.05, 4.69) is 20.5 Å². The first kappa shape index (κ1) is 17.9. The molecule has 0 radical (unpaired) electrons. The molecular weight excluding hydrogens is 350 g/mol. The molecule has 0 spiro atoms. The largest absolute Gasteiger partial charge is 0.495 e. The van der Waals surface area contributed by atoms with Crippen molar-refractivity contribution < 1.29 is 9.53 Å². The molecule has 2 heterocycles. The Hall–Kier alpha value is -2.87. The van der Waals surface area contributed by atoms with Crippen molar-refractivity contribution >= 4 is 23.4 Å². The quantitative estimate of drug-likeness (QED) is 0.673. The predicted octanol–water partition coefficient (Wildman–Crippen LogP) is 3.01. The van der Waals surface area contributed by atoms with Gasteiger partial charge in [0.2, 0.25) is 5.91 Å². The summed E-state index contributed by atoms with van der Waals surface area (Å²) >= 11 is 1.35. The Bertz CT molecular complexity index is 898. The van der Waals surface area contributed by atoms with E-state index >= 15 is 0 Å². The molecule has 8 heteroatoms. The van der Waals surface area contributed by atoms with Crippen LogP contribution in [0.4, 0.5) is 5.69 Å². The number of nitrogens with zero attached hydrogens (tertiary/aromatic N) is 4. The number of amides is 1. The molecule has 0 bridgehead atoms. The summed E-state index contributed by atoms with van der Waals surface area (Å²) in [6.07, 6.45) is 3.42. The third-order valence-electron chi connectivity index (χ3n) is 3.79. The molecule has 0 saturated carbocycles. The molecule has 3 rings (SSSR count). The van der Waals surface area contributed by atoms with Crippen molar-refractivity contribution in [3.8, 4) is 17.1 Å². The van der Waals surface area contributed by atoms with E-state index in [1.165, 1.54) is 11.8 Å². The third kappa shape index (κ3) is 3.85. The van der Waals surface area contributed by atoms with Gasteiger partial charge in [-0.3, -0.25) is 9.78 Å². The normalized spacial score (nSPS) is 11.8. The highest BCUT2D eigenvalue weighted by Crippen LogP contribution is 2.28. The second kappa shape index (κ2) is 8.01. The smallest absolute Gasteiger partial charge is 0.237 e. The number of aromatic nitrogens is 4. The topological polar surface area (TPSA) is 81.9 Å². The van der Waals surface area contributed by atoms with Gasteiger partial charge in [0, 0.05) is 25.0 Å². The molecule has 0 saturated heterocycles. The lowest BCUT2D eigenvalue weighted by Crippen LogP contribution is -2.23. The van der Waals surface area contributed by atoms with E-state index in [9.17, 15) is 4.79 Å². The van der Waals surface area contributed by atoms with Crippen molar-refractivity contribution in [1.29, 1.82) is 0 Å². The average molecular weight is 369 g/mol. The summed E-state index contributed by atoms with van der Waals surface area (Å²) in [7, 11) is 3.45. The van der Waals surface area contributed by atoms with Crippen LogP contribution in [0.25, 0.3) is 11.4 Å². The molecule has 1 N–H and O–H groups in total. The summed E-state index contributed by atoms with van der Waals surface area (Å²) in [6, 6.07) is 11.0. The summed E-state index contributed by atoms with van der Waals surface area (Å²) in [4.78, 5) is 16.5. The Morgan fingerprint density at radius 3 is 2.65 bits per heavy atom. The van der Waals surface area contributed by atoms with E-state index in [0.717, 1.165) is 11.4 Å². The highest BCUT2D eigenvalue weighted by molar-refractivity contribution is 8.00. The van der Waals surface area contributed by atoms with Crippen LogP contribution in [0.15, 0.2) is 53.9 Å². The molecule has 134 valence electrons. The van der Waals surface area contributed by atoms with Gasteiger partial charge in [0.25, 0.3) is 0 Å². The first-order valence-electron chi connectivity index (χ1n) is 8.00.